The summed E-state index contributed by atoms with van der Waals surface area (Å²) < 4.78 is 116. The highest BCUT2D eigenvalue weighted by atomic mass is 19.2. The third-order valence-corrected chi connectivity index (χ3v) is 16.5. The number of hydrogen-bond donors (Lipinski definition) is 7. The maximum atomic E-state index is 12.8. The quantitative estimate of drug-likeness (QED) is 0.0122. The van der Waals surface area contributed by atoms with Gasteiger partial charge in [-0.05, 0) is 208 Å². The molecule has 0 amide bonds. The summed E-state index contributed by atoms with van der Waals surface area (Å²) in [5.41, 5.74) is 4.00. The number of aliphatic hydroxyl groups excluding tert-OH is 4. The standard InChI is InChI=1S/C15H24O3.C15H22O3.C15H20O3.C14H14F2O.C13H12F2O.C12H12F2O.C12H10F2O/c3*1-3-4-5-6-13(16)9-7-12-8-10-14(17)15(11-12)18-2;1-2-3-4-5-12(17)8-6-11-7-9-13(15)14(16)10-11;1-2-3-4-11(16)7-5-10-6-8-12(14)13(15)9-10;2*1-2-3-10(15)6-4-9-5-7-11(13)12(14)8-9/h8,10-11,13,16-17H,3-7,9H2,1-2H3;7-11,13,16-17H,3-6H2,1-2H3;8,10-11,13,16-17H,3-6H2,1-2H3;7,9-10H,2-5H2,1H3;6,8-9H,2-4H2,1H3;5,7-8,10,15H,2-3H2,1H3;5,7-8H,2-3H2,1H3/b;9-7-;;;;;. The van der Waals surface area contributed by atoms with E-state index < -0.39 is 64.8 Å². The number of methoxy groups -OCH3 is 3. The molecule has 0 saturated carbocycles. The Morgan fingerprint density at radius 2 is 0.709 bits per heavy atom. The van der Waals surface area contributed by atoms with Gasteiger partial charge in [0.2, 0.25) is 17.3 Å². The lowest BCUT2D eigenvalue weighted by atomic mass is 10.0. The van der Waals surface area contributed by atoms with Crippen LogP contribution >= 0.6 is 0 Å². The Balaban J connectivity index is 0.000000683. The fraction of sp³-hybridized carbons (Fsp3) is 0.406. The van der Waals surface area contributed by atoms with Crippen molar-refractivity contribution in [3.05, 3.63) is 219 Å². The molecule has 0 radical (unpaired) electrons. The lowest BCUT2D eigenvalue weighted by molar-refractivity contribution is -0.114. The lowest BCUT2D eigenvalue weighted by Crippen LogP contribution is -2.07. The van der Waals surface area contributed by atoms with Gasteiger partial charge >= 0.3 is 0 Å². The van der Waals surface area contributed by atoms with E-state index in [1.165, 1.54) is 57.4 Å². The van der Waals surface area contributed by atoms with Crippen LogP contribution < -0.4 is 14.2 Å². The van der Waals surface area contributed by atoms with Gasteiger partial charge in [0.25, 0.3) is 0 Å². The maximum absolute atomic E-state index is 12.8. The Morgan fingerprint density at radius 1 is 0.350 bits per heavy atom. The monoisotopic (exact) mass is 1630 g/mol. The number of rotatable bonds is 31. The lowest BCUT2D eigenvalue weighted by Gasteiger charge is -2.11. The first-order valence-electron chi connectivity index (χ1n) is 39.5. The van der Waals surface area contributed by atoms with Crippen LogP contribution in [0.4, 0.5) is 35.1 Å². The molecular weight excluding hydrogens is 1510 g/mol. The molecule has 0 aliphatic rings. The van der Waals surface area contributed by atoms with Gasteiger partial charge in [-0.1, -0.05) is 191 Å². The number of hydrogen-bond acceptors (Lipinski definition) is 13. The predicted octanol–water partition coefficient (Wildman–Crippen LogP) is 21.0. The highest BCUT2D eigenvalue weighted by Crippen LogP contribution is 2.29. The highest BCUT2D eigenvalue weighted by molar-refractivity contribution is 5.96. The average molecular weight is 1630 g/mol. The van der Waals surface area contributed by atoms with Crippen LogP contribution in [0.3, 0.4) is 0 Å². The van der Waals surface area contributed by atoms with Crippen molar-refractivity contribution in [2.75, 3.05) is 21.3 Å². The van der Waals surface area contributed by atoms with Crippen molar-refractivity contribution in [3.8, 4) is 93.7 Å². The van der Waals surface area contributed by atoms with Crippen molar-refractivity contribution in [3.63, 3.8) is 0 Å². The predicted molar refractivity (Wildman–Crippen MR) is 446 cm³/mol. The first-order valence-corrected chi connectivity index (χ1v) is 39.5. The number of aromatic hydroxyl groups is 3. The van der Waals surface area contributed by atoms with Gasteiger partial charge in [-0.2, -0.15) is 0 Å². The van der Waals surface area contributed by atoms with Gasteiger partial charge in [-0.3, -0.25) is 14.4 Å². The molecule has 0 spiro atoms. The minimum atomic E-state index is -0.954. The zero-order valence-corrected chi connectivity index (χ0v) is 68.9. The fourth-order valence-corrected chi connectivity index (χ4v) is 9.81. The van der Waals surface area contributed by atoms with Gasteiger partial charge in [-0.25, -0.2) is 35.1 Å². The third kappa shape index (κ3) is 49.0. The molecule has 632 valence electrons. The van der Waals surface area contributed by atoms with Gasteiger partial charge in [0, 0.05) is 47.1 Å². The SMILES string of the molecule is CCCC(=O)C#Cc1ccc(F)c(F)c1.CCCC(O)C#Cc1ccc(F)c(F)c1.CCCCC(=O)C#Cc1ccc(F)c(F)c1.CCCCCC(=O)C#Cc1ccc(F)c(F)c1.CCCCCC(O)/C=C\c1ccc(O)c(OC)c1.CCCCCC(O)C#Cc1ccc(O)c(OC)c1.CCCCCC(O)CCc1ccc(O)c(OC)c1. The minimum Gasteiger partial charge on any atom is -0.504 e. The summed E-state index contributed by atoms with van der Waals surface area (Å²) in [6.45, 7) is 14.3. The number of ketones is 3. The van der Waals surface area contributed by atoms with Crippen LogP contribution in [0.15, 0.2) is 133 Å². The summed E-state index contributed by atoms with van der Waals surface area (Å²) in [4.78, 5) is 33.5. The normalized spacial score (nSPS) is 11.0. The van der Waals surface area contributed by atoms with Crippen molar-refractivity contribution >= 4 is 23.4 Å². The second kappa shape index (κ2) is 63.4. The number of phenolic OH excluding ortho intramolecular Hbond substituents is 3. The zero-order chi connectivity index (χ0) is 87.3. The van der Waals surface area contributed by atoms with Crippen LogP contribution in [0, 0.1) is 106 Å². The number of benzene rings is 7. The van der Waals surface area contributed by atoms with E-state index in [2.05, 4.69) is 86.9 Å². The minimum absolute atomic E-state index is 0.0894. The van der Waals surface area contributed by atoms with Crippen LogP contribution in [0.2, 0.25) is 0 Å². The van der Waals surface area contributed by atoms with Gasteiger partial charge in [0.15, 0.2) is 81.0 Å². The summed E-state index contributed by atoms with van der Waals surface area (Å²) in [7, 11) is 4.55. The second-order valence-corrected chi connectivity index (χ2v) is 26.6. The van der Waals surface area contributed by atoms with E-state index in [0.717, 1.165) is 181 Å². The highest BCUT2D eigenvalue weighted by Gasteiger charge is 2.11. The summed E-state index contributed by atoms with van der Waals surface area (Å²) in [5.74, 6) is 19.3. The molecule has 7 rings (SSSR count). The molecule has 0 saturated heterocycles. The number of halogens is 8. The molecule has 117 heavy (non-hydrogen) atoms. The van der Waals surface area contributed by atoms with E-state index in [1.54, 1.807) is 49.6 Å². The van der Waals surface area contributed by atoms with Crippen LogP contribution in [0.1, 0.15) is 242 Å². The van der Waals surface area contributed by atoms with E-state index in [1.807, 2.05) is 39.0 Å². The van der Waals surface area contributed by atoms with E-state index in [0.29, 0.717) is 71.6 Å². The number of ether oxygens (including phenoxy) is 3. The Bertz CT molecular complexity index is 4460. The van der Waals surface area contributed by atoms with Crippen molar-refractivity contribution in [2.24, 2.45) is 0 Å². The molecule has 0 fully saturated rings. The van der Waals surface area contributed by atoms with Crippen LogP contribution in [-0.4, -0.2) is 98.8 Å². The molecule has 7 aromatic rings. The van der Waals surface area contributed by atoms with Gasteiger partial charge in [0.1, 0.15) is 12.2 Å². The molecule has 7 N–H and O–H groups in total. The zero-order valence-electron chi connectivity index (χ0n) is 68.9. The smallest absolute Gasteiger partial charge is 0.205 e. The van der Waals surface area contributed by atoms with Crippen molar-refractivity contribution in [2.45, 2.75) is 233 Å². The molecule has 0 aliphatic carbocycles. The van der Waals surface area contributed by atoms with Crippen LogP contribution in [-0.2, 0) is 20.8 Å². The largest absolute Gasteiger partial charge is 0.504 e. The Morgan fingerprint density at radius 3 is 1.14 bits per heavy atom. The fourth-order valence-electron chi connectivity index (χ4n) is 9.81. The first-order chi connectivity index (χ1) is 56.0. The second-order valence-electron chi connectivity index (χ2n) is 26.6. The molecule has 21 heteroatoms. The molecule has 4 unspecified atom stereocenters. The molecule has 0 aromatic heterocycles. The first kappa shape index (κ1) is 104. The maximum Gasteiger partial charge on any atom is 0.205 e. The Labute approximate surface area is 687 Å². The van der Waals surface area contributed by atoms with Gasteiger partial charge in [0.05, 0.1) is 33.5 Å². The Hall–Kier alpha value is -10.8. The van der Waals surface area contributed by atoms with Crippen molar-refractivity contribution < 1.29 is 99.5 Å². The molecule has 0 heterocycles. The molecule has 0 bridgehead atoms. The molecule has 13 nitrogen and oxygen atoms in total. The van der Waals surface area contributed by atoms with E-state index in [-0.39, 0.29) is 40.7 Å². The van der Waals surface area contributed by atoms with Gasteiger partial charge in [-0.15, -0.1) is 0 Å². The molecular formula is C96H114F8O13. The summed E-state index contributed by atoms with van der Waals surface area (Å²) >= 11 is 0. The number of carbonyl (C=O) groups is 3. The number of aryl methyl sites for hydroxylation is 1. The number of phenols is 3. The van der Waals surface area contributed by atoms with Crippen molar-refractivity contribution in [1.29, 1.82) is 0 Å². The molecule has 0 aliphatic heterocycles. The topological polar surface area (TPSA) is 221 Å². The van der Waals surface area contributed by atoms with E-state index >= 15 is 0 Å². The molecule has 4 atom stereocenters. The Kier molecular flexibility index (Phi) is 56.4. The van der Waals surface area contributed by atoms with Crippen LogP contribution in [0.5, 0.6) is 34.5 Å². The average Bonchev–Trinajstić information content (AvgIpc) is 0.890. The van der Waals surface area contributed by atoms with Crippen molar-refractivity contribution in [1.82, 2.24) is 0 Å². The number of Topliss-reactive ketones (excluding diaryl/α,β-unsaturated/α-hetero) is 3. The number of unbranched alkanes of at least 4 members (excludes halogenated alkanes) is 9. The molecule has 7 aromatic carbocycles. The summed E-state index contributed by atoms with van der Waals surface area (Å²) in [5, 5.41) is 66.9. The van der Waals surface area contributed by atoms with Gasteiger partial charge < -0.3 is 50.0 Å². The number of aliphatic hydroxyl groups is 4. The van der Waals surface area contributed by atoms with E-state index in [4.69, 9.17) is 14.2 Å². The number of carbonyl (C=O) groups excluding carboxylic acids is 3. The summed E-state index contributed by atoms with van der Waals surface area (Å²) in [6, 6.07) is 28.7. The third-order valence-electron chi connectivity index (χ3n) is 16.5. The van der Waals surface area contributed by atoms with Crippen LogP contribution in [0.25, 0.3) is 6.08 Å². The summed E-state index contributed by atoms with van der Waals surface area (Å²) in [6.07, 6.45) is 23.6. The van der Waals surface area contributed by atoms with E-state index in [9.17, 15) is 85.3 Å².